The molecule has 1 unspecified atom stereocenters. The van der Waals surface area contributed by atoms with Crippen LogP contribution in [-0.2, 0) is 23.8 Å². The number of likely N-dealkylation sites (tertiary alicyclic amines) is 1. The number of hydrogen-bond donors (Lipinski definition) is 0. The van der Waals surface area contributed by atoms with Gasteiger partial charge in [0.1, 0.15) is 5.82 Å². The molecule has 0 N–H and O–H groups in total. The van der Waals surface area contributed by atoms with E-state index in [-0.39, 0.29) is 24.7 Å². The van der Waals surface area contributed by atoms with Crippen LogP contribution >= 0.6 is 0 Å². The molecular weight excluding hydrogens is 309 g/mol. The number of benzene rings is 1. The summed E-state index contributed by atoms with van der Waals surface area (Å²) in [4.78, 5) is 35.9. The Morgan fingerprint density at radius 1 is 1.26 bits per heavy atom. The zero-order valence-electron chi connectivity index (χ0n) is 12.3. The van der Waals surface area contributed by atoms with E-state index in [0.717, 1.165) is 10.5 Å². The van der Waals surface area contributed by atoms with Gasteiger partial charge in [-0.15, -0.1) is 0 Å². The highest BCUT2D eigenvalue weighted by molar-refractivity contribution is 6.31. The van der Waals surface area contributed by atoms with Crippen molar-refractivity contribution in [3.63, 3.8) is 0 Å². The molecule has 2 saturated heterocycles. The van der Waals surface area contributed by atoms with Crippen molar-refractivity contribution in [1.82, 2.24) is 4.90 Å². The Balaban J connectivity index is 1.90. The molecule has 3 rings (SSSR count). The molecule has 0 aromatic heterocycles. The molecule has 0 bridgehead atoms. The number of piperidine rings is 1. The Kier molecular flexibility index (Phi) is 3.67. The minimum Gasteiger partial charge on any atom is -0.453 e. The number of carbonyl (C=O) groups excluding carboxylic acids is 3. The van der Waals surface area contributed by atoms with Crippen LogP contribution in [0.2, 0.25) is 0 Å². The lowest BCUT2D eigenvalue weighted by atomic mass is 9.87. The first kappa shape index (κ1) is 15.3. The first-order chi connectivity index (χ1) is 10.9. The molecule has 7 nitrogen and oxygen atoms in total. The second-order valence-electron chi connectivity index (χ2n) is 5.35. The molecule has 122 valence electrons. The fourth-order valence-electron chi connectivity index (χ4n) is 2.93. The Morgan fingerprint density at radius 3 is 2.43 bits per heavy atom. The van der Waals surface area contributed by atoms with Crippen LogP contribution in [0.1, 0.15) is 24.3 Å². The van der Waals surface area contributed by atoms with E-state index in [9.17, 15) is 18.8 Å². The maximum Gasteiger partial charge on any atom is 0.422 e. The van der Waals surface area contributed by atoms with Crippen LogP contribution in [0.3, 0.4) is 0 Å². The van der Waals surface area contributed by atoms with E-state index >= 15 is 0 Å². The number of esters is 2. The highest BCUT2D eigenvalue weighted by Gasteiger charge is 2.58. The Hall–Kier alpha value is -2.64. The predicted octanol–water partition coefficient (Wildman–Crippen LogP) is 1.53. The standard InChI is InChI=1S/C15H14FNO6/c1-21-14(20)17-7-6-10(9-2-4-11(16)5-3-9)8-15(17)22-12(18)13(19)23-15/h2-5,10H,6-8H2,1H3. The topological polar surface area (TPSA) is 82.1 Å². The van der Waals surface area contributed by atoms with Crippen molar-refractivity contribution in [3.05, 3.63) is 35.6 Å². The van der Waals surface area contributed by atoms with E-state index in [0.29, 0.717) is 6.42 Å². The van der Waals surface area contributed by atoms with E-state index in [1.807, 2.05) is 0 Å². The Labute approximate surface area is 130 Å². The van der Waals surface area contributed by atoms with Gasteiger partial charge >= 0.3 is 23.9 Å². The smallest absolute Gasteiger partial charge is 0.422 e. The zero-order chi connectivity index (χ0) is 16.6. The van der Waals surface area contributed by atoms with Gasteiger partial charge in [-0.25, -0.2) is 23.7 Å². The van der Waals surface area contributed by atoms with Crippen LogP contribution in [0.15, 0.2) is 24.3 Å². The zero-order valence-corrected chi connectivity index (χ0v) is 12.3. The molecular formula is C15H14FNO6. The average Bonchev–Trinajstić information content (AvgIpc) is 2.81. The van der Waals surface area contributed by atoms with E-state index in [1.54, 1.807) is 12.1 Å². The van der Waals surface area contributed by atoms with Gasteiger partial charge < -0.3 is 14.2 Å². The van der Waals surface area contributed by atoms with Crippen LogP contribution in [0.5, 0.6) is 0 Å². The van der Waals surface area contributed by atoms with Crippen molar-refractivity contribution >= 4 is 18.0 Å². The van der Waals surface area contributed by atoms with Crippen molar-refractivity contribution < 1.29 is 33.0 Å². The fourth-order valence-corrected chi connectivity index (χ4v) is 2.93. The summed E-state index contributed by atoms with van der Waals surface area (Å²) in [6.45, 7) is 0.162. The van der Waals surface area contributed by atoms with E-state index in [2.05, 4.69) is 4.74 Å². The molecule has 2 fully saturated rings. The number of methoxy groups -OCH3 is 1. The van der Waals surface area contributed by atoms with E-state index < -0.39 is 23.9 Å². The first-order valence-electron chi connectivity index (χ1n) is 7.02. The quantitative estimate of drug-likeness (QED) is 0.576. The Bertz CT molecular complexity index is 642. The lowest BCUT2D eigenvalue weighted by Crippen LogP contribution is -2.57. The van der Waals surface area contributed by atoms with Crippen LogP contribution in [0, 0.1) is 5.82 Å². The van der Waals surface area contributed by atoms with Crippen molar-refractivity contribution in [1.29, 1.82) is 0 Å². The molecule has 8 heteroatoms. The van der Waals surface area contributed by atoms with Crippen LogP contribution in [0.4, 0.5) is 9.18 Å². The molecule has 2 aliphatic rings. The van der Waals surface area contributed by atoms with Gasteiger partial charge in [-0.2, -0.15) is 0 Å². The van der Waals surface area contributed by atoms with Gasteiger partial charge in [0.2, 0.25) is 0 Å². The number of carbonyl (C=O) groups is 3. The molecule has 1 aromatic carbocycles. The maximum absolute atomic E-state index is 13.1. The second kappa shape index (κ2) is 5.53. The molecule has 1 amide bonds. The molecule has 1 aromatic rings. The van der Waals surface area contributed by atoms with Gasteiger partial charge in [-0.1, -0.05) is 12.1 Å². The number of hydrogen-bond acceptors (Lipinski definition) is 6. The summed E-state index contributed by atoms with van der Waals surface area (Å²) in [5, 5.41) is 0. The number of amides is 1. The SMILES string of the molecule is COC(=O)N1CCC(c2ccc(F)cc2)CC12OC(=O)C(=O)O2. The predicted molar refractivity (Wildman–Crippen MR) is 72.4 cm³/mol. The lowest BCUT2D eigenvalue weighted by molar-refractivity contribution is -0.253. The highest BCUT2D eigenvalue weighted by atomic mass is 19.1. The summed E-state index contributed by atoms with van der Waals surface area (Å²) in [5.41, 5.74) is 0.800. The summed E-state index contributed by atoms with van der Waals surface area (Å²) >= 11 is 0. The van der Waals surface area contributed by atoms with Crippen LogP contribution in [0.25, 0.3) is 0 Å². The van der Waals surface area contributed by atoms with E-state index in [1.165, 1.54) is 19.2 Å². The number of nitrogens with zero attached hydrogens (tertiary/aromatic N) is 1. The summed E-state index contributed by atoms with van der Waals surface area (Å²) < 4.78 is 27.8. The molecule has 1 atom stereocenters. The molecule has 1 spiro atoms. The molecule has 0 aliphatic carbocycles. The Morgan fingerprint density at radius 2 is 1.87 bits per heavy atom. The first-order valence-corrected chi connectivity index (χ1v) is 7.02. The fraction of sp³-hybridized carbons (Fsp3) is 0.400. The van der Waals surface area contributed by atoms with Gasteiger partial charge in [0.05, 0.1) is 13.5 Å². The second-order valence-corrected chi connectivity index (χ2v) is 5.35. The minimum atomic E-state index is -1.81. The molecule has 2 aliphatic heterocycles. The lowest BCUT2D eigenvalue weighted by Gasteiger charge is -2.42. The van der Waals surface area contributed by atoms with Gasteiger partial charge in [0.25, 0.3) is 0 Å². The summed E-state index contributed by atoms with van der Waals surface area (Å²) in [6.07, 6.45) is -0.173. The summed E-state index contributed by atoms with van der Waals surface area (Å²) in [5.74, 6) is -4.65. The number of ether oxygens (including phenoxy) is 3. The van der Waals surface area contributed by atoms with Crippen molar-refractivity contribution in [2.45, 2.75) is 24.7 Å². The largest absolute Gasteiger partial charge is 0.453 e. The monoisotopic (exact) mass is 323 g/mol. The molecule has 2 heterocycles. The molecule has 23 heavy (non-hydrogen) atoms. The van der Waals surface area contributed by atoms with Crippen molar-refractivity contribution in [3.8, 4) is 0 Å². The van der Waals surface area contributed by atoms with Gasteiger partial charge in [0, 0.05) is 6.54 Å². The average molecular weight is 323 g/mol. The number of halogens is 1. The van der Waals surface area contributed by atoms with Crippen molar-refractivity contribution in [2.24, 2.45) is 0 Å². The highest BCUT2D eigenvalue weighted by Crippen LogP contribution is 2.42. The third kappa shape index (κ3) is 2.60. The summed E-state index contributed by atoms with van der Waals surface area (Å²) in [6, 6.07) is 5.86. The number of rotatable bonds is 1. The van der Waals surface area contributed by atoms with Gasteiger partial charge in [-0.05, 0) is 30.0 Å². The normalized spacial score (nSPS) is 22.7. The van der Waals surface area contributed by atoms with E-state index in [4.69, 9.17) is 9.47 Å². The summed E-state index contributed by atoms with van der Waals surface area (Å²) in [7, 11) is 1.18. The van der Waals surface area contributed by atoms with Crippen LogP contribution < -0.4 is 0 Å². The van der Waals surface area contributed by atoms with Gasteiger partial charge in [0.15, 0.2) is 0 Å². The maximum atomic E-state index is 13.1. The molecule has 0 saturated carbocycles. The third-order valence-electron chi connectivity index (χ3n) is 4.02. The third-order valence-corrected chi connectivity index (χ3v) is 4.02. The van der Waals surface area contributed by atoms with Crippen molar-refractivity contribution in [2.75, 3.05) is 13.7 Å². The van der Waals surface area contributed by atoms with Gasteiger partial charge in [-0.3, -0.25) is 0 Å². The van der Waals surface area contributed by atoms with Crippen LogP contribution in [-0.4, -0.2) is 42.5 Å². The molecule has 0 radical (unpaired) electrons. The minimum absolute atomic E-state index is 0.0607.